The molecule has 29 heavy (non-hydrogen) atoms. The van der Waals surface area contributed by atoms with Crippen molar-refractivity contribution in [2.45, 2.75) is 25.3 Å². The van der Waals surface area contributed by atoms with Gasteiger partial charge >= 0.3 is 0 Å². The number of amides is 1. The third-order valence-electron chi connectivity index (χ3n) is 5.44. The van der Waals surface area contributed by atoms with Gasteiger partial charge in [-0.1, -0.05) is 6.07 Å². The van der Waals surface area contributed by atoms with Crippen molar-refractivity contribution in [2.75, 3.05) is 13.1 Å². The van der Waals surface area contributed by atoms with Crippen molar-refractivity contribution >= 4 is 16.9 Å². The van der Waals surface area contributed by atoms with Gasteiger partial charge in [-0.25, -0.2) is 4.98 Å². The van der Waals surface area contributed by atoms with Crippen molar-refractivity contribution in [3.05, 3.63) is 72.1 Å². The van der Waals surface area contributed by atoms with Gasteiger partial charge in [-0.05, 0) is 43.2 Å². The number of hydrogen-bond acceptors (Lipinski definition) is 5. The van der Waals surface area contributed by atoms with Gasteiger partial charge in [0.05, 0.1) is 12.2 Å². The molecule has 0 bridgehead atoms. The molecule has 0 aliphatic carbocycles. The van der Waals surface area contributed by atoms with Crippen LogP contribution < -0.4 is 0 Å². The van der Waals surface area contributed by atoms with Crippen LogP contribution in [0.5, 0.6) is 0 Å². The zero-order valence-corrected chi connectivity index (χ0v) is 15.9. The molecule has 1 amide bonds. The van der Waals surface area contributed by atoms with Crippen LogP contribution in [0.25, 0.3) is 11.0 Å². The molecule has 1 saturated heterocycles. The Kier molecular flexibility index (Phi) is 4.51. The van der Waals surface area contributed by atoms with Gasteiger partial charge in [-0.3, -0.25) is 9.78 Å². The SMILES string of the molecule is O=C(c1ccc2n[nH]nc2c1)N1CCCC(c2nccn2Cc2ccccn2)C1. The molecule has 8 nitrogen and oxygen atoms in total. The number of pyridine rings is 1. The third kappa shape index (κ3) is 3.49. The fourth-order valence-electron chi connectivity index (χ4n) is 4.01. The highest BCUT2D eigenvalue weighted by Gasteiger charge is 2.28. The fraction of sp³-hybridized carbons (Fsp3) is 0.286. The Labute approximate surface area is 167 Å². The number of piperidine rings is 1. The van der Waals surface area contributed by atoms with E-state index in [0.29, 0.717) is 24.2 Å². The summed E-state index contributed by atoms with van der Waals surface area (Å²) in [7, 11) is 0. The Bertz CT molecular complexity index is 1130. The van der Waals surface area contributed by atoms with E-state index in [4.69, 9.17) is 0 Å². The molecular weight excluding hydrogens is 366 g/mol. The largest absolute Gasteiger partial charge is 0.338 e. The number of nitrogens with one attached hydrogen (secondary N) is 1. The van der Waals surface area contributed by atoms with Crippen molar-refractivity contribution in [2.24, 2.45) is 0 Å². The highest BCUT2D eigenvalue weighted by molar-refractivity contribution is 5.97. The molecule has 8 heteroatoms. The van der Waals surface area contributed by atoms with Gasteiger partial charge in [-0.15, -0.1) is 0 Å². The lowest BCUT2D eigenvalue weighted by atomic mass is 9.96. The summed E-state index contributed by atoms with van der Waals surface area (Å²) in [5, 5.41) is 10.7. The molecule has 1 fully saturated rings. The number of imidazole rings is 1. The van der Waals surface area contributed by atoms with E-state index < -0.39 is 0 Å². The maximum atomic E-state index is 13.1. The topological polar surface area (TPSA) is 92.6 Å². The summed E-state index contributed by atoms with van der Waals surface area (Å²) < 4.78 is 2.14. The van der Waals surface area contributed by atoms with Gasteiger partial charge < -0.3 is 9.47 Å². The van der Waals surface area contributed by atoms with Crippen molar-refractivity contribution in [3.8, 4) is 0 Å². The molecular formula is C21H21N7O. The lowest BCUT2D eigenvalue weighted by molar-refractivity contribution is 0.0703. The van der Waals surface area contributed by atoms with Crippen molar-refractivity contribution < 1.29 is 4.79 Å². The number of aromatic nitrogens is 6. The van der Waals surface area contributed by atoms with Gasteiger partial charge in [0, 0.05) is 43.2 Å². The number of rotatable bonds is 4. The van der Waals surface area contributed by atoms with Crippen molar-refractivity contribution in [1.82, 2.24) is 34.8 Å². The average Bonchev–Trinajstić information content (AvgIpc) is 3.43. The highest BCUT2D eigenvalue weighted by Crippen LogP contribution is 2.27. The summed E-state index contributed by atoms with van der Waals surface area (Å²) in [4.78, 5) is 24.0. The predicted octanol–water partition coefficient (Wildman–Crippen LogP) is 2.62. The standard InChI is InChI=1S/C21H21N7O/c29-21(15-6-7-18-19(12-15)25-26-24-18)28-10-3-4-16(13-28)20-23-9-11-27(20)14-17-5-1-2-8-22-17/h1-2,5-9,11-12,16H,3-4,10,13-14H2,(H,24,25,26). The number of fused-ring (bicyclic) bond motifs is 1. The van der Waals surface area contributed by atoms with E-state index in [1.54, 1.807) is 12.3 Å². The van der Waals surface area contributed by atoms with Crippen molar-refractivity contribution in [1.29, 1.82) is 0 Å². The minimum absolute atomic E-state index is 0.0300. The van der Waals surface area contributed by atoms with Crippen LogP contribution in [0.4, 0.5) is 0 Å². The second-order valence-electron chi connectivity index (χ2n) is 7.35. The van der Waals surface area contributed by atoms with Crippen molar-refractivity contribution in [3.63, 3.8) is 0 Å². The number of aromatic amines is 1. The van der Waals surface area contributed by atoms with Crippen LogP contribution in [-0.2, 0) is 6.54 Å². The molecule has 0 spiro atoms. The van der Waals surface area contributed by atoms with Crippen LogP contribution in [0.1, 0.15) is 40.6 Å². The summed E-state index contributed by atoms with van der Waals surface area (Å²) in [6.07, 6.45) is 7.60. The van der Waals surface area contributed by atoms with Gasteiger partial charge in [0.2, 0.25) is 0 Å². The van der Waals surface area contributed by atoms with E-state index in [1.165, 1.54) is 0 Å². The number of carbonyl (C=O) groups is 1. The Morgan fingerprint density at radius 2 is 2.03 bits per heavy atom. The summed E-state index contributed by atoms with van der Waals surface area (Å²) in [5.74, 6) is 1.25. The molecule has 146 valence electrons. The number of hydrogen-bond donors (Lipinski definition) is 1. The molecule has 4 heterocycles. The second kappa shape index (κ2) is 7.46. The van der Waals surface area contributed by atoms with Crippen LogP contribution >= 0.6 is 0 Å². The van der Waals surface area contributed by atoms with Gasteiger partial charge in [0.1, 0.15) is 16.9 Å². The molecule has 0 saturated carbocycles. The Morgan fingerprint density at radius 1 is 1.10 bits per heavy atom. The molecule has 4 aromatic rings. The molecule has 5 rings (SSSR count). The molecule has 1 N–H and O–H groups in total. The maximum Gasteiger partial charge on any atom is 0.253 e. The van der Waals surface area contributed by atoms with E-state index >= 15 is 0 Å². The van der Waals surface area contributed by atoms with Crippen LogP contribution in [0.15, 0.2) is 55.0 Å². The molecule has 1 aliphatic heterocycles. The van der Waals surface area contributed by atoms with Crippen LogP contribution in [0.2, 0.25) is 0 Å². The van der Waals surface area contributed by atoms with Gasteiger partial charge in [-0.2, -0.15) is 15.4 Å². The quantitative estimate of drug-likeness (QED) is 0.581. The number of carbonyl (C=O) groups excluding carboxylic acids is 1. The smallest absolute Gasteiger partial charge is 0.253 e. The van der Waals surface area contributed by atoms with E-state index in [1.807, 2.05) is 47.6 Å². The average molecular weight is 387 g/mol. The second-order valence-corrected chi connectivity index (χ2v) is 7.35. The van der Waals surface area contributed by atoms with Crippen LogP contribution in [0, 0.1) is 0 Å². The lowest BCUT2D eigenvalue weighted by Gasteiger charge is -2.32. The predicted molar refractivity (Wildman–Crippen MR) is 107 cm³/mol. The Balaban J connectivity index is 1.34. The molecule has 1 atom stereocenters. The number of likely N-dealkylation sites (tertiary alicyclic amines) is 1. The summed E-state index contributed by atoms with van der Waals surface area (Å²) in [6, 6.07) is 11.4. The first-order valence-electron chi connectivity index (χ1n) is 9.79. The first kappa shape index (κ1) is 17.5. The zero-order valence-electron chi connectivity index (χ0n) is 15.9. The molecule has 1 aliphatic rings. The molecule has 1 aromatic carbocycles. The Morgan fingerprint density at radius 3 is 2.93 bits per heavy atom. The normalized spacial score (nSPS) is 17.0. The first-order valence-corrected chi connectivity index (χ1v) is 9.79. The highest BCUT2D eigenvalue weighted by atomic mass is 16.2. The van der Waals surface area contributed by atoms with Crippen LogP contribution in [-0.4, -0.2) is 53.8 Å². The zero-order chi connectivity index (χ0) is 19.6. The summed E-state index contributed by atoms with van der Waals surface area (Å²) >= 11 is 0. The maximum absolute atomic E-state index is 13.1. The third-order valence-corrected chi connectivity index (χ3v) is 5.44. The van der Waals surface area contributed by atoms with E-state index in [0.717, 1.165) is 36.4 Å². The number of benzene rings is 1. The van der Waals surface area contributed by atoms with Gasteiger partial charge in [0.15, 0.2) is 0 Å². The molecule has 0 radical (unpaired) electrons. The Hall–Kier alpha value is -3.55. The number of H-pyrrole nitrogens is 1. The molecule has 1 unspecified atom stereocenters. The summed E-state index contributed by atoms with van der Waals surface area (Å²) in [5.41, 5.74) is 3.10. The van der Waals surface area contributed by atoms with Crippen LogP contribution in [0.3, 0.4) is 0 Å². The fourth-order valence-corrected chi connectivity index (χ4v) is 4.01. The minimum Gasteiger partial charge on any atom is -0.338 e. The minimum atomic E-state index is 0.0300. The number of nitrogens with zero attached hydrogens (tertiary/aromatic N) is 6. The van der Waals surface area contributed by atoms with E-state index in [2.05, 4.69) is 29.9 Å². The van der Waals surface area contributed by atoms with E-state index in [9.17, 15) is 4.79 Å². The lowest BCUT2D eigenvalue weighted by Crippen LogP contribution is -2.39. The molecule has 3 aromatic heterocycles. The monoisotopic (exact) mass is 387 g/mol. The first-order chi connectivity index (χ1) is 14.3. The summed E-state index contributed by atoms with van der Waals surface area (Å²) in [6.45, 7) is 2.10. The van der Waals surface area contributed by atoms with Gasteiger partial charge in [0.25, 0.3) is 5.91 Å². The van der Waals surface area contributed by atoms with E-state index in [-0.39, 0.29) is 11.8 Å².